The second kappa shape index (κ2) is 4.88. The van der Waals surface area contributed by atoms with E-state index in [0.29, 0.717) is 5.56 Å². The molecule has 0 bridgehead atoms. The summed E-state index contributed by atoms with van der Waals surface area (Å²) in [7, 11) is 0. The standard InChI is InChI=1S/C11H10O5/c12-8-5-7(6-9(13)11(8)16)3-1-2-4-10(14)15/h1-6,12-13,16H,(H,14,15)/b3-1+,4-2+. The van der Waals surface area contributed by atoms with E-state index in [0.717, 1.165) is 6.08 Å². The topological polar surface area (TPSA) is 98.0 Å². The number of hydrogen-bond donors (Lipinski definition) is 4. The molecule has 4 N–H and O–H groups in total. The fourth-order valence-electron chi connectivity index (χ4n) is 1.03. The predicted molar refractivity (Wildman–Crippen MR) is 57.2 cm³/mol. The van der Waals surface area contributed by atoms with E-state index in [9.17, 15) is 4.79 Å². The van der Waals surface area contributed by atoms with E-state index in [1.54, 1.807) is 0 Å². The quantitative estimate of drug-likeness (QED) is 0.352. The number of hydrogen-bond acceptors (Lipinski definition) is 4. The molecule has 0 unspecified atom stereocenters. The molecule has 0 fully saturated rings. The van der Waals surface area contributed by atoms with E-state index in [2.05, 4.69) is 0 Å². The second-order valence-electron chi connectivity index (χ2n) is 2.96. The Morgan fingerprint density at radius 3 is 2.12 bits per heavy atom. The van der Waals surface area contributed by atoms with Crippen LogP contribution in [-0.4, -0.2) is 26.4 Å². The summed E-state index contributed by atoms with van der Waals surface area (Å²) in [4.78, 5) is 10.1. The first-order valence-corrected chi connectivity index (χ1v) is 4.33. The van der Waals surface area contributed by atoms with Crippen LogP contribution >= 0.6 is 0 Å². The third-order valence-electron chi connectivity index (χ3n) is 1.73. The number of phenols is 3. The highest BCUT2D eigenvalue weighted by Gasteiger charge is 2.05. The molecule has 0 aliphatic heterocycles. The van der Waals surface area contributed by atoms with Crippen molar-refractivity contribution >= 4 is 12.0 Å². The lowest BCUT2D eigenvalue weighted by Crippen LogP contribution is -1.84. The van der Waals surface area contributed by atoms with Crippen LogP contribution in [0.15, 0.2) is 30.4 Å². The molecule has 0 aliphatic carbocycles. The van der Waals surface area contributed by atoms with E-state index in [1.807, 2.05) is 0 Å². The number of carboxylic acids is 1. The Morgan fingerprint density at radius 2 is 1.62 bits per heavy atom. The van der Waals surface area contributed by atoms with Gasteiger partial charge in [0.05, 0.1) is 0 Å². The average molecular weight is 222 g/mol. The van der Waals surface area contributed by atoms with Gasteiger partial charge in [-0.15, -0.1) is 0 Å². The summed E-state index contributed by atoms with van der Waals surface area (Å²) < 4.78 is 0. The average Bonchev–Trinajstić information content (AvgIpc) is 2.20. The fraction of sp³-hybridized carbons (Fsp3) is 0. The summed E-state index contributed by atoms with van der Waals surface area (Å²) in [5, 5.41) is 35.7. The third kappa shape index (κ3) is 3.06. The van der Waals surface area contributed by atoms with Gasteiger partial charge in [-0.1, -0.05) is 18.2 Å². The van der Waals surface area contributed by atoms with Crippen LogP contribution in [0, 0.1) is 0 Å². The van der Waals surface area contributed by atoms with Gasteiger partial charge in [0, 0.05) is 6.08 Å². The molecular weight excluding hydrogens is 212 g/mol. The molecule has 0 saturated heterocycles. The van der Waals surface area contributed by atoms with Crippen molar-refractivity contribution in [1.82, 2.24) is 0 Å². The number of aromatic hydroxyl groups is 3. The largest absolute Gasteiger partial charge is 0.504 e. The molecule has 0 aromatic heterocycles. The van der Waals surface area contributed by atoms with E-state index < -0.39 is 23.2 Å². The molecule has 5 heteroatoms. The van der Waals surface area contributed by atoms with Gasteiger partial charge in [-0.2, -0.15) is 0 Å². The second-order valence-corrected chi connectivity index (χ2v) is 2.96. The van der Waals surface area contributed by atoms with Crippen molar-refractivity contribution in [1.29, 1.82) is 0 Å². The Kier molecular flexibility index (Phi) is 3.55. The minimum atomic E-state index is -1.07. The molecule has 0 aliphatic rings. The number of rotatable bonds is 3. The Bertz CT molecular complexity index is 436. The molecule has 0 atom stereocenters. The van der Waals surface area contributed by atoms with E-state index >= 15 is 0 Å². The van der Waals surface area contributed by atoms with Gasteiger partial charge in [-0.25, -0.2) is 4.79 Å². The van der Waals surface area contributed by atoms with Gasteiger partial charge in [-0.05, 0) is 17.7 Å². The van der Waals surface area contributed by atoms with Crippen LogP contribution in [0.3, 0.4) is 0 Å². The van der Waals surface area contributed by atoms with Gasteiger partial charge in [0.15, 0.2) is 17.2 Å². The van der Waals surface area contributed by atoms with Crippen molar-refractivity contribution in [3.8, 4) is 17.2 Å². The first kappa shape index (κ1) is 11.6. The highest BCUT2D eigenvalue weighted by molar-refractivity contribution is 5.80. The molecule has 0 radical (unpaired) electrons. The molecule has 0 amide bonds. The normalized spacial score (nSPS) is 11.2. The summed E-state index contributed by atoms with van der Waals surface area (Å²) in [6.07, 6.45) is 5.14. The van der Waals surface area contributed by atoms with Gasteiger partial charge in [0.25, 0.3) is 0 Å². The molecule has 1 rings (SSSR count). The van der Waals surface area contributed by atoms with Gasteiger partial charge in [0.2, 0.25) is 0 Å². The molecule has 1 aromatic carbocycles. The maximum Gasteiger partial charge on any atom is 0.328 e. The fourth-order valence-corrected chi connectivity index (χ4v) is 1.03. The smallest absolute Gasteiger partial charge is 0.328 e. The van der Waals surface area contributed by atoms with Crippen molar-refractivity contribution in [2.75, 3.05) is 0 Å². The van der Waals surface area contributed by atoms with Crippen LogP contribution in [0.4, 0.5) is 0 Å². The minimum absolute atomic E-state index is 0.433. The van der Waals surface area contributed by atoms with E-state index in [-0.39, 0.29) is 0 Å². The predicted octanol–water partition coefficient (Wildman–Crippen LogP) is 1.46. The number of carbonyl (C=O) groups is 1. The number of allylic oxidation sites excluding steroid dienone is 2. The summed E-state index contributed by atoms with van der Waals surface area (Å²) in [5.74, 6) is -2.54. The lowest BCUT2D eigenvalue weighted by atomic mass is 10.1. The van der Waals surface area contributed by atoms with Crippen molar-refractivity contribution < 1.29 is 25.2 Å². The zero-order chi connectivity index (χ0) is 12.1. The molecule has 84 valence electrons. The molecule has 0 saturated carbocycles. The van der Waals surface area contributed by atoms with E-state index in [4.69, 9.17) is 20.4 Å². The van der Waals surface area contributed by atoms with Gasteiger partial charge in [0.1, 0.15) is 0 Å². The highest BCUT2D eigenvalue weighted by Crippen LogP contribution is 2.35. The molecule has 0 spiro atoms. The Labute approximate surface area is 91.2 Å². The van der Waals surface area contributed by atoms with Crippen molar-refractivity contribution in [2.45, 2.75) is 0 Å². The molecule has 1 aromatic rings. The molecule has 0 heterocycles. The number of phenolic OH excluding ortho intramolecular Hbond substituents is 3. The van der Waals surface area contributed by atoms with Gasteiger partial charge >= 0.3 is 5.97 Å². The van der Waals surface area contributed by atoms with Crippen molar-refractivity contribution in [3.05, 3.63) is 35.9 Å². The zero-order valence-electron chi connectivity index (χ0n) is 8.16. The number of benzene rings is 1. The molecule has 5 nitrogen and oxygen atoms in total. The SMILES string of the molecule is O=C(O)/C=C/C=C/c1cc(O)c(O)c(O)c1. The maximum atomic E-state index is 10.1. The third-order valence-corrected chi connectivity index (χ3v) is 1.73. The van der Waals surface area contributed by atoms with Crippen molar-refractivity contribution in [2.24, 2.45) is 0 Å². The first-order valence-electron chi connectivity index (χ1n) is 4.33. The molecule has 16 heavy (non-hydrogen) atoms. The van der Waals surface area contributed by atoms with E-state index in [1.165, 1.54) is 30.4 Å². The van der Waals surface area contributed by atoms with Crippen molar-refractivity contribution in [3.63, 3.8) is 0 Å². The van der Waals surface area contributed by atoms with Gasteiger partial charge in [-0.3, -0.25) is 0 Å². The van der Waals surface area contributed by atoms with Crippen LogP contribution in [0.1, 0.15) is 5.56 Å². The van der Waals surface area contributed by atoms with Crippen LogP contribution in [0.2, 0.25) is 0 Å². The Balaban J connectivity index is 2.86. The lowest BCUT2D eigenvalue weighted by molar-refractivity contribution is -0.131. The summed E-state index contributed by atoms with van der Waals surface area (Å²) in [5.41, 5.74) is 0.433. The number of carboxylic acid groups (broad SMARTS) is 1. The highest BCUT2D eigenvalue weighted by atomic mass is 16.4. The summed E-state index contributed by atoms with van der Waals surface area (Å²) >= 11 is 0. The minimum Gasteiger partial charge on any atom is -0.504 e. The van der Waals surface area contributed by atoms with Crippen LogP contribution < -0.4 is 0 Å². The first-order chi connectivity index (χ1) is 7.50. The van der Waals surface area contributed by atoms with Gasteiger partial charge < -0.3 is 20.4 Å². The Morgan fingerprint density at radius 1 is 1.06 bits per heavy atom. The van der Waals surface area contributed by atoms with Crippen LogP contribution in [0.25, 0.3) is 6.08 Å². The lowest BCUT2D eigenvalue weighted by Gasteiger charge is -2.01. The summed E-state index contributed by atoms with van der Waals surface area (Å²) in [6, 6.07) is 2.47. The molecular formula is C11H10O5. The zero-order valence-corrected chi connectivity index (χ0v) is 8.16. The van der Waals surface area contributed by atoms with Crippen LogP contribution in [0.5, 0.6) is 17.2 Å². The Hall–Kier alpha value is -2.43. The van der Waals surface area contributed by atoms with Crippen LogP contribution in [-0.2, 0) is 4.79 Å². The summed E-state index contributed by atoms with van der Waals surface area (Å²) in [6.45, 7) is 0. The maximum absolute atomic E-state index is 10.1. The number of aliphatic carboxylic acids is 1. The monoisotopic (exact) mass is 222 g/mol.